The molecule has 2 rings (SSSR count). The van der Waals surface area contributed by atoms with Crippen LogP contribution in [0.3, 0.4) is 0 Å². The molecule has 2 aromatic rings. The maximum Gasteiger partial charge on any atom is 0.278 e. The van der Waals surface area contributed by atoms with Gasteiger partial charge >= 0.3 is 0 Å². The number of rotatable bonds is 2. The van der Waals surface area contributed by atoms with E-state index in [1.54, 1.807) is 24.7 Å². The van der Waals surface area contributed by atoms with Crippen LogP contribution in [0, 0.1) is 0 Å². The summed E-state index contributed by atoms with van der Waals surface area (Å²) in [7, 11) is 0. The van der Waals surface area contributed by atoms with Gasteiger partial charge in [0.2, 0.25) is 0 Å². The molecule has 0 bridgehead atoms. The molecule has 0 spiro atoms. The highest BCUT2D eigenvalue weighted by atomic mass is 16.1. The van der Waals surface area contributed by atoms with E-state index >= 15 is 0 Å². The van der Waals surface area contributed by atoms with E-state index in [-0.39, 0.29) is 11.5 Å². The minimum absolute atomic E-state index is 0.101. The smallest absolute Gasteiger partial charge is 0.267 e. The molecule has 82 valence electrons. The largest absolute Gasteiger partial charge is 0.278 e. The van der Waals surface area contributed by atoms with Crippen LogP contribution in [-0.4, -0.2) is 14.5 Å². The zero-order valence-electron chi connectivity index (χ0n) is 9.29. The van der Waals surface area contributed by atoms with E-state index in [4.69, 9.17) is 0 Å². The maximum atomic E-state index is 12.1. The summed E-state index contributed by atoms with van der Waals surface area (Å²) in [5.41, 5.74) is 0.462. The third-order valence-corrected chi connectivity index (χ3v) is 2.31. The maximum absolute atomic E-state index is 12.1. The van der Waals surface area contributed by atoms with E-state index in [0.717, 1.165) is 0 Å². The fourth-order valence-electron chi connectivity index (χ4n) is 1.50. The van der Waals surface area contributed by atoms with Crippen molar-refractivity contribution in [3.8, 4) is 5.82 Å². The summed E-state index contributed by atoms with van der Waals surface area (Å²) in [5.74, 6) is 0.737. The number of aromatic nitrogens is 3. The van der Waals surface area contributed by atoms with Crippen LogP contribution in [0.25, 0.3) is 5.82 Å². The molecule has 0 N–H and O–H groups in total. The van der Waals surface area contributed by atoms with Crippen molar-refractivity contribution in [2.45, 2.75) is 19.8 Å². The number of pyridine rings is 1. The Balaban J connectivity index is 2.60. The zero-order valence-corrected chi connectivity index (χ0v) is 9.29. The summed E-state index contributed by atoms with van der Waals surface area (Å²) in [5, 5.41) is 0. The van der Waals surface area contributed by atoms with Crippen molar-refractivity contribution in [1.29, 1.82) is 0 Å². The molecule has 0 aliphatic heterocycles. The van der Waals surface area contributed by atoms with Gasteiger partial charge in [-0.1, -0.05) is 19.9 Å². The topological polar surface area (TPSA) is 47.8 Å². The second-order valence-electron chi connectivity index (χ2n) is 3.83. The van der Waals surface area contributed by atoms with Gasteiger partial charge in [0.05, 0.1) is 0 Å². The third kappa shape index (κ3) is 1.86. The van der Waals surface area contributed by atoms with Gasteiger partial charge < -0.3 is 0 Å². The predicted molar refractivity (Wildman–Crippen MR) is 61.7 cm³/mol. The van der Waals surface area contributed by atoms with Crippen LogP contribution in [0.5, 0.6) is 0 Å². The van der Waals surface area contributed by atoms with E-state index in [1.807, 2.05) is 26.0 Å². The van der Waals surface area contributed by atoms with Crippen molar-refractivity contribution in [2.75, 3.05) is 0 Å². The lowest BCUT2D eigenvalue weighted by Gasteiger charge is -2.07. The van der Waals surface area contributed by atoms with Crippen LogP contribution in [-0.2, 0) is 0 Å². The van der Waals surface area contributed by atoms with Crippen LogP contribution in [0.4, 0.5) is 0 Å². The standard InChI is InChI=1S/C12H13N3O/c1-9(2)11-12(16)15(8-7-14-11)10-5-3-4-6-13-10/h3-9H,1-2H3. The van der Waals surface area contributed by atoms with Gasteiger partial charge in [-0.05, 0) is 12.1 Å². The minimum Gasteiger partial charge on any atom is -0.267 e. The molecule has 0 fully saturated rings. The van der Waals surface area contributed by atoms with E-state index in [0.29, 0.717) is 11.5 Å². The summed E-state index contributed by atoms with van der Waals surface area (Å²) in [4.78, 5) is 20.3. The number of hydrogen-bond donors (Lipinski definition) is 0. The lowest BCUT2D eigenvalue weighted by atomic mass is 10.1. The van der Waals surface area contributed by atoms with Crippen LogP contribution < -0.4 is 5.56 Å². The zero-order chi connectivity index (χ0) is 11.5. The summed E-state index contributed by atoms with van der Waals surface area (Å²) >= 11 is 0. The van der Waals surface area contributed by atoms with E-state index in [9.17, 15) is 4.79 Å². The van der Waals surface area contributed by atoms with Gasteiger partial charge in [-0.25, -0.2) is 4.98 Å². The molecule has 2 heterocycles. The van der Waals surface area contributed by atoms with E-state index in [1.165, 1.54) is 4.57 Å². The Kier molecular flexibility index (Phi) is 2.81. The van der Waals surface area contributed by atoms with Gasteiger partial charge in [0, 0.05) is 24.5 Å². The Bertz CT molecular complexity index is 531. The molecule has 4 nitrogen and oxygen atoms in total. The molecule has 0 amide bonds. The van der Waals surface area contributed by atoms with Gasteiger partial charge in [0.15, 0.2) is 0 Å². The second-order valence-corrected chi connectivity index (χ2v) is 3.83. The van der Waals surface area contributed by atoms with Crippen LogP contribution in [0.15, 0.2) is 41.6 Å². The van der Waals surface area contributed by atoms with Gasteiger partial charge in [-0.2, -0.15) is 0 Å². The fourth-order valence-corrected chi connectivity index (χ4v) is 1.50. The van der Waals surface area contributed by atoms with Gasteiger partial charge in [-0.3, -0.25) is 14.3 Å². The summed E-state index contributed by atoms with van der Waals surface area (Å²) < 4.78 is 1.52. The normalized spacial score (nSPS) is 10.7. The van der Waals surface area contributed by atoms with Crippen molar-refractivity contribution in [2.24, 2.45) is 0 Å². The van der Waals surface area contributed by atoms with Gasteiger partial charge in [0.1, 0.15) is 11.5 Å². The Morgan fingerprint density at radius 1 is 1.19 bits per heavy atom. The predicted octanol–water partition coefficient (Wildman–Crippen LogP) is 1.75. The van der Waals surface area contributed by atoms with Crippen LogP contribution >= 0.6 is 0 Å². The van der Waals surface area contributed by atoms with Crippen LogP contribution in [0.1, 0.15) is 25.5 Å². The third-order valence-electron chi connectivity index (χ3n) is 2.31. The average molecular weight is 215 g/mol. The first-order valence-electron chi connectivity index (χ1n) is 5.19. The molecular weight excluding hydrogens is 202 g/mol. The second kappa shape index (κ2) is 4.26. The molecule has 4 heteroatoms. The van der Waals surface area contributed by atoms with Crippen LogP contribution in [0.2, 0.25) is 0 Å². The molecule has 0 atom stereocenters. The Labute approximate surface area is 93.6 Å². The first kappa shape index (κ1) is 10.5. The molecular formula is C12H13N3O. The molecule has 16 heavy (non-hydrogen) atoms. The van der Waals surface area contributed by atoms with Crippen molar-refractivity contribution < 1.29 is 0 Å². The lowest BCUT2D eigenvalue weighted by Crippen LogP contribution is -2.24. The summed E-state index contributed by atoms with van der Waals surface area (Å²) in [6.07, 6.45) is 4.93. The Hall–Kier alpha value is -1.97. The van der Waals surface area contributed by atoms with Crippen molar-refractivity contribution in [3.05, 3.63) is 52.8 Å². The Morgan fingerprint density at radius 2 is 2.00 bits per heavy atom. The molecule has 0 aromatic carbocycles. The van der Waals surface area contributed by atoms with Crippen molar-refractivity contribution >= 4 is 0 Å². The summed E-state index contributed by atoms with van der Waals surface area (Å²) in [6, 6.07) is 5.47. The van der Waals surface area contributed by atoms with Gasteiger partial charge in [0.25, 0.3) is 5.56 Å². The van der Waals surface area contributed by atoms with E-state index < -0.39 is 0 Å². The molecule has 2 aromatic heterocycles. The molecule has 0 aliphatic carbocycles. The highest BCUT2D eigenvalue weighted by molar-refractivity contribution is 5.23. The average Bonchev–Trinajstić information content (AvgIpc) is 2.30. The highest BCUT2D eigenvalue weighted by Gasteiger charge is 2.09. The van der Waals surface area contributed by atoms with Gasteiger partial charge in [-0.15, -0.1) is 0 Å². The molecule has 0 aliphatic rings. The quantitative estimate of drug-likeness (QED) is 0.766. The lowest BCUT2D eigenvalue weighted by molar-refractivity contribution is 0.766. The number of nitrogens with zero attached hydrogens (tertiary/aromatic N) is 3. The highest BCUT2D eigenvalue weighted by Crippen LogP contribution is 2.06. The van der Waals surface area contributed by atoms with E-state index in [2.05, 4.69) is 9.97 Å². The molecule has 0 radical (unpaired) electrons. The Morgan fingerprint density at radius 3 is 2.62 bits per heavy atom. The minimum atomic E-state index is -0.101. The number of hydrogen-bond acceptors (Lipinski definition) is 3. The van der Waals surface area contributed by atoms with Crippen molar-refractivity contribution in [1.82, 2.24) is 14.5 Å². The SMILES string of the molecule is CC(C)c1nccn(-c2ccccn2)c1=O. The molecule has 0 saturated heterocycles. The monoisotopic (exact) mass is 215 g/mol. The first-order valence-corrected chi connectivity index (χ1v) is 5.19. The first-order chi connectivity index (χ1) is 7.70. The summed E-state index contributed by atoms with van der Waals surface area (Å²) in [6.45, 7) is 3.90. The van der Waals surface area contributed by atoms with Crippen molar-refractivity contribution in [3.63, 3.8) is 0 Å². The molecule has 0 saturated carbocycles. The fraction of sp³-hybridized carbons (Fsp3) is 0.250. The molecule has 0 unspecified atom stereocenters.